The number of hydrogen-bond acceptors (Lipinski definition) is 4. The highest BCUT2D eigenvalue weighted by atomic mass is 16.3. The van der Waals surface area contributed by atoms with E-state index in [0.717, 1.165) is 50.9 Å². The maximum atomic E-state index is 10.7. The van der Waals surface area contributed by atoms with Crippen molar-refractivity contribution >= 4 is 0 Å². The molecule has 0 bridgehead atoms. The fourth-order valence-corrected chi connectivity index (χ4v) is 3.14. The smallest absolute Gasteiger partial charge is 0.0994 e. The van der Waals surface area contributed by atoms with E-state index < -0.39 is 5.60 Å². The third kappa shape index (κ3) is 3.04. The fourth-order valence-electron chi connectivity index (χ4n) is 3.14. The lowest BCUT2D eigenvalue weighted by molar-refractivity contribution is -0.00837. The Bertz CT molecular complexity index is 423. The quantitative estimate of drug-likeness (QED) is 0.838. The van der Waals surface area contributed by atoms with E-state index >= 15 is 0 Å². The minimum Gasteiger partial charge on any atom is -0.384 e. The molecule has 2 fully saturated rings. The summed E-state index contributed by atoms with van der Waals surface area (Å²) >= 11 is 0. The molecule has 2 heterocycles. The Hall–Kier alpha value is -0.940. The van der Waals surface area contributed by atoms with E-state index in [1.165, 1.54) is 0 Å². The molecule has 0 amide bonds. The van der Waals surface area contributed by atoms with Gasteiger partial charge in [-0.15, -0.1) is 0 Å². The average molecular weight is 275 g/mol. The summed E-state index contributed by atoms with van der Waals surface area (Å²) in [5, 5.41) is 14.0. The molecule has 3 rings (SSSR count). The zero-order valence-corrected chi connectivity index (χ0v) is 12.3. The van der Waals surface area contributed by atoms with Gasteiger partial charge in [0, 0.05) is 51.9 Å². The Labute approximate surface area is 121 Å². The summed E-state index contributed by atoms with van der Waals surface area (Å²) in [7, 11) is 0. The van der Waals surface area contributed by atoms with Crippen molar-refractivity contribution in [3.63, 3.8) is 0 Å². The first-order valence-corrected chi connectivity index (χ1v) is 7.60. The highest BCUT2D eigenvalue weighted by Gasteiger charge is 2.31. The van der Waals surface area contributed by atoms with Crippen LogP contribution in [0, 0.1) is 0 Å². The molecule has 2 aliphatic heterocycles. The molecule has 4 nitrogen and oxygen atoms in total. The van der Waals surface area contributed by atoms with Crippen molar-refractivity contribution in [1.82, 2.24) is 15.1 Å². The third-order valence-electron chi connectivity index (χ3n) is 4.61. The topological polar surface area (TPSA) is 38.7 Å². The lowest BCUT2D eigenvalue weighted by Crippen LogP contribution is -2.62. The predicted octanol–water partition coefficient (Wildman–Crippen LogP) is 0.484. The molecule has 4 heteroatoms. The van der Waals surface area contributed by atoms with Crippen LogP contribution < -0.4 is 5.32 Å². The average Bonchev–Trinajstić information content (AvgIpc) is 2.40. The summed E-state index contributed by atoms with van der Waals surface area (Å²) in [6.45, 7) is 9.27. The second kappa shape index (κ2) is 5.82. The van der Waals surface area contributed by atoms with Crippen LogP contribution in [0.1, 0.15) is 12.5 Å². The lowest BCUT2D eigenvalue weighted by Gasteiger charge is -2.44. The zero-order chi connectivity index (χ0) is 14.0. The highest BCUT2D eigenvalue weighted by molar-refractivity contribution is 5.21. The molecule has 1 aromatic carbocycles. The van der Waals surface area contributed by atoms with Crippen molar-refractivity contribution < 1.29 is 5.11 Å². The van der Waals surface area contributed by atoms with E-state index in [4.69, 9.17) is 0 Å². The molecule has 20 heavy (non-hydrogen) atoms. The Morgan fingerprint density at radius 2 is 1.80 bits per heavy atom. The van der Waals surface area contributed by atoms with Crippen LogP contribution in [0.15, 0.2) is 30.3 Å². The van der Waals surface area contributed by atoms with Crippen molar-refractivity contribution in [2.75, 3.05) is 45.8 Å². The largest absolute Gasteiger partial charge is 0.384 e. The molecule has 0 saturated carbocycles. The summed E-state index contributed by atoms with van der Waals surface area (Å²) in [5.41, 5.74) is 0.243. The minimum atomic E-state index is -0.762. The van der Waals surface area contributed by atoms with E-state index in [1.54, 1.807) is 0 Å². The van der Waals surface area contributed by atoms with E-state index in [9.17, 15) is 5.11 Å². The second-order valence-electron chi connectivity index (χ2n) is 6.26. The van der Waals surface area contributed by atoms with Gasteiger partial charge >= 0.3 is 0 Å². The van der Waals surface area contributed by atoms with Gasteiger partial charge in [-0.05, 0) is 12.5 Å². The number of hydrogen-bond donors (Lipinski definition) is 2. The van der Waals surface area contributed by atoms with Gasteiger partial charge in [-0.3, -0.25) is 9.80 Å². The number of nitrogens with zero attached hydrogens (tertiary/aromatic N) is 2. The Kier molecular flexibility index (Phi) is 4.08. The molecule has 1 aromatic rings. The van der Waals surface area contributed by atoms with Gasteiger partial charge in [0.05, 0.1) is 5.60 Å². The van der Waals surface area contributed by atoms with Gasteiger partial charge < -0.3 is 10.4 Å². The Balaban J connectivity index is 1.53. The molecule has 110 valence electrons. The van der Waals surface area contributed by atoms with Gasteiger partial charge in [0.25, 0.3) is 0 Å². The lowest BCUT2D eigenvalue weighted by atomic mass is 9.95. The standard InChI is InChI=1S/C16H25N3O/c1-16(20,14-5-3-2-4-6-14)13-18-7-9-19(10-8-18)15-11-17-12-15/h2-6,15,17,20H,7-13H2,1H3. The summed E-state index contributed by atoms with van der Waals surface area (Å²) in [4.78, 5) is 4.96. The van der Waals surface area contributed by atoms with Gasteiger partial charge in [0.2, 0.25) is 0 Å². The summed E-state index contributed by atoms with van der Waals surface area (Å²) in [5.74, 6) is 0. The van der Waals surface area contributed by atoms with Crippen molar-refractivity contribution in [2.24, 2.45) is 0 Å². The number of nitrogens with one attached hydrogen (secondary N) is 1. The van der Waals surface area contributed by atoms with Gasteiger partial charge in [-0.2, -0.15) is 0 Å². The van der Waals surface area contributed by atoms with E-state index in [-0.39, 0.29) is 0 Å². The van der Waals surface area contributed by atoms with Crippen LogP contribution in [0.4, 0.5) is 0 Å². The van der Waals surface area contributed by atoms with Crippen LogP contribution >= 0.6 is 0 Å². The van der Waals surface area contributed by atoms with Crippen molar-refractivity contribution in [2.45, 2.75) is 18.6 Å². The van der Waals surface area contributed by atoms with E-state index in [0.29, 0.717) is 6.54 Å². The molecular weight excluding hydrogens is 250 g/mol. The predicted molar refractivity (Wildman–Crippen MR) is 80.7 cm³/mol. The normalized spacial score (nSPS) is 25.1. The summed E-state index contributed by atoms with van der Waals surface area (Å²) in [6.07, 6.45) is 0. The first-order chi connectivity index (χ1) is 9.65. The molecule has 0 radical (unpaired) electrons. The molecule has 2 aliphatic rings. The van der Waals surface area contributed by atoms with Crippen molar-refractivity contribution in [3.8, 4) is 0 Å². The second-order valence-corrected chi connectivity index (χ2v) is 6.26. The monoisotopic (exact) mass is 275 g/mol. The Morgan fingerprint density at radius 3 is 2.35 bits per heavy atom. The molecule has 2 saturated heterocycles. The van der Waals surface area contributed by atoms with Crippen LogP contribution in [-0.2, 0) is 5.60 Å². The third-order valence-corrected chi connectivity index (χ3v) is 4.61. The van der Waals surface area contributed by atoms with E-state index in [2.05, 4.69) is 15.1 Å². The van der Waals surface area contributed by atoms with Crippen LogP contribution in [0.5, 0.6) is 0 Å². The number of piperazine rings is 1. The first-order valence-electron chi connectivity index (χ1n) is 7.60. The number of aliphatic hydroxyl groups is 1. The van der Waals surface area contributed by atoms with Crippen molar-refractivity contribution in [1.29, 1.82) is 0 Å². The number of β-amino-alcohol motifs (C(OH)–C–C–N with tert-alkyl or cyclic N) is 1. The van der Waals surface area contributed by atoms with Crippen LogP contribution in [-0.4, -0.2) is 66.8 Å². The van der Waals surface area contributed by atoms with E-state index in [1.807, 2.05) is 37.3 Å². The summed E-state index contributed by atoms with van der Waals surface area (Å²) < 4.78 is 0. The molecular formula is C16H25N3O. The van der Waals surface area contributed by atoms with Crippen LogP contribution in [0.2, 0.25) is 0 Å². The van der Waals surface area contributed by atoms with Gasteiger partial charge in [-0.1, -0.05) is 30.3 Å². The summed E-state index contributed by atoms with van der Waals surface area (Å²) in [6, 6.07) is 10.7. The van der Waals surface area contributed by atoms with Gasteiger partial charge in [0.15, 0.2) is 0 Å². The fraction of sp³-hybridized carbons (Fsp3) is 0.625. The molecule has 0 aliphatic carbocycles. The minimum absolute atomic E-state index is 0.716. The first kappa shape index (κ1) is 14.0. The maximum absolute atomic E-state index is 10.7. The Morgan fingerprint density at radius 1 is 1.15 bits per heavy atom. The number of benzene rings is 1. The molecule has 1 atom stereocenters. The zero-order valence-electron chi connectivity index (χ0n) is 12.3. The number of rotatable bonds is 4. The molecule has 1 unspecified atom stereocenters. The van der Waals surface area contributed by atoms with Crippen molar-refractivity contribution in [3.05, 3.63) is 35.9 Å². The van der Waals surface area contributed by atoms with Crippen LogP contribution in [0.3, 0.4) is 0 Å². The maximum Gasteiger partial charge on any atom is 0.0994 e. The van der Waals surface area contributed by atoms with Gasteiger partial charge in [-0.25, -0.2) is 0 Å². The van der Waals surface area contributed by atoms with Gasteiger partial charge in [0.1, 0.15) is 0 Å². The highest BCUT2D eigenvalue weighted by Crippen LogP contribution is 2.22. The van der Waals surface area contributed by atoms with Crippen LogP contribution in [0.25, 0.3) is 0 Å². The molecule has 0 spiro atoms. The molecule has 2 N–H and O–H groups in total. The SMILES string of the molecule is CC(O)(CN1CCN(C2CNC2)CC1)c1ccccc1. The molecule has 0 aromatic heterocycles.